The normalized spacial score (nSPS) is 25.3. The molecule has 2 nitrogen and oxygen atoms in total. The van der Waals surface area contributed by atoms with Gasteiger partial charge in [0, 0.05) is 5.92 Å². The van der Waals surface area contributed by atoms with Crippen molar-refractivity contribution in [1.82, 2.24) is 0 Å². The van der Waals surface area contributed by atoms with Gasteiger partial charge in [-0.15, -0.1) is 0 Å². The van der Waals surface area contributed by atoms with Crippen LogP contribution in [0.1, 0.15) is 29.5 Å². The van der Waals surface area contributed by atoms with Crippen molar-refractivity contribution >= 4 is 17.3 Å². The topological polar surface area (TPSA) is 21.3 Å². The lowest BCUT2D eigenvalue weighted by molar-refractivity contribution is 0.411. The molecule has 2 aliphatic rings. The quantitative estimate of drug-likeness (QED) is 0.772. The van der Waals surface area contributed by atoms with Crippen LogP contribution in [0, 0.1) is 5.92 Å². The van der Waals surface area contributed by atoms with Gasteiger partial charge in [0.25, 0.3) is 0 Å². The van der Waals surface area contributed by atoms with Crippen molar-refractivity contribution in [3.05, 3.63) is 70.8 Å². The molecule has 1 aliphatic heterocycles. The van der Waals surface area contributed by atoms with Crippen molar-refractivity contribution in [3.8, 4) is 5.75 Å². The summed E-state index contributed by atoms with van der Waals surface area (Å²) < 4.78 is 5.26. The van der Waals surface area contributed by atoms with E-state index in [0.717, 1.165) is 22.9 Å². The molecular weight excluding hydrogens is 294 g/mol. The van der Waals surface area contributed by atoms with Crippen molar-refractivity contribution in [2.24, 2.45) is 5.92 Å². The van der Waals surface area contributed by atoms with Crippen LogP contribution in [0.25, 0.3) is 0 Å². The van der Waals surface area contributed by atoms with E-state index in [1.165, 1.54) is 11.1 Å². The summed E-state index contributed by atoms with van der Waals surface area (Å²) in [7, 11) is 1.70. The second-order valence-corrected chi connectivity index (χ2v) is 6.36. The van der Waals surface area contributed by atoms with Gasteiger partial charge in [-0.05, 0) is 41.7 Å². The molecule has 0 bridgehead atoms. The zero-order valence-corrected chi connectivity index (χ0v) is 13.2. The molecule has 0 spiro atoms. The monoisotopic (exact) mass is 311 g/mol. The molecule has 1 aliphatic carbocycles. The average Bonchev–Trinajstić information content (AvgIpc) is 3.05. The molecule has 0 unspecified atom stereocenters. The van der Waals surface area contributed by atoms with Crippen LogP contribution in [0.4, 0.5) is 5.69 Å². The number of rotatable bonds is 2. The predicted molar refractivity (Wildman–Crippen MR) is 90.8 cm³/mol. The Morgan fingerprint density at radius 2 is 1.95 bits per heavy atom. The van der Waals surface area contributed by atoms with Crippen LogP contribution < -0.4 is 10.1 Å². The maximum atomic E-state index is 6.43. The number of ether oxygens (including phenoxy) is 1. The average molecular weight is 312 g/mol. The third kappa shape index (κ3) is 2.10. The number of hydrogen-bond donors (Lipinski definition) is 1. The van der Waals surface area contributed by atoms with E-state index in [-0.39, 0.29) is 6.04 Å². The van der Waals surface area contributed by atoms with Crippen molar-refractivity contribution < 1.29 is 4.74 Å². The predicted octanol–water partition coefficient (Wildman–Crippen LogP) is 5.18. The molecule has 22 heavy (non-hydrogen) atoms. The first-order valence-electron chi connectivity index (χ1n) is 7.63. The largest absolute Gasteiger partial charge is 0.497 e. The van der Waals surface area contributed by atoms with E-state index in [0.29, 0.717) is 11.8 Å². The molecule has 2 aromatic rings. The molecule has 1 N–H and O–H groups in total. The summed E-state index contributed by atoms with van der Waals surface area (Å²) in [6, 6.07) is 14.8. The first-order chi connectivity index (χ1) is 10.8. The molecule has 0 saturated heterocycles. The SMILES string of the molecule is COc1ccc([C@@H]2Nc3c(Cl)cccc3[C@@H]3C=CC[C@@H]32)cc1. The number of methoxy groups -OCH3 is 1. The lowest BCUT2D eigenvalue weighted by atomic mass is 9.77. The summed E-state index contributed by atoms with van der Waals surface area (Å²) in [6.07, 6.45) is 5.72. The molecule has 3 heteroatoms. The highest BCUT2D eigenvalue weighted by Crippen LogP contribution is 2.51. The Labute approximate surface area is 135 Å². The fourth-order valence-electron chi connectivity index (χ4n) is 3.72. The van der Waals surface area contributed by atoms with Crippen molar-refractivity contribution in [1.29, 1.82) is 0 Å². The summed E-state index contributed by atoms with van der Waals surface area (Å²) in [5, 5.41) is 4.48. The van der Waals surface area contributed by atoms with E-state index in [1.54, 1.807) is 7.11 Å². The van der Waals surface area contributed by atoms with Gasteiger partial charge in [-0.1, -0.05) is 48.0 Å². The third-order valence-electron chi connectivity index (χ3n) is 4.82. The first kappa shape index (κ1) is 13.7. The van der Waals surface area contributed by atoms with Crippen molar-refractivity contribution in [3.63, 3.8) is 0 Å². The van der Waals surface area contributed by atoms with Crippen LogP contribution in [-0.2, 0) is 0 Å². The minimum absolute atomic E-state index is 0.276. The number of benzene rings is 2. The lowest BCUT2D eigenvalue weighted by Crippen LogP contribution is -2.29. The number of para-hydroxylation sites is 1. The minimum Gasteiger partial charge on any atom is -0.497 e. The van der Waals surface area contributed by atoms with E-state index in [9.17, 15) is 0 Å². The zero-order valence-electron chi connectivity index (χ0n) is 12.4. The highest BCUT2D eigenvalue weighted by molar-refractivity contribution is 6.33. The van der Waals surface area contributed by atoms with Gasteiger partial charge >= 0.3 is 0 Å². The second kappa shape index (κ2) is 5.36. The Hall–Kier alpha value is -1.93. The fraction of sp³-hybridized carbons (Fsp3) is 0.263. The maximum Gasteiger partial charge on any atom is 0.118 e. The number of anilines is 1. The molecule has 0 saturated carbocycles. The molecule has 0 aromatic heterocycles. The van der Waals surface area contributed by atoms with Crippen LogP contribution in [-0.4, -0.2) is 7.11 Å². The summed E-state index contributed by atoms with van der Waals surface area (Å²) in [5.74, 6) is 1.88. The molecular formula is C19H18ClNO. The van der Waals surface area contributed by atoms with Gasteiger partial charge in [-0.2, -0.15) is 0 Å². The van der Waals surface area contributed by atoms with Crippen molar-refractivity contribution in [2.75, 3.05) is 12.4 Å². The van der Waals surface area contributed by atoms with E-state index < -0.39 is 0 Å². The lowest BCUT2D eigenvalue weighted by Gasteiger charge is -2.38. The Morgan fingerprint density at radius 3 is 2.73 bits per heavy atom. The highest BCUT2D eigenvalue weighted by atomic mass is 35.5. The molecule has 3 atom stereocenters. The Balaban J connectivity index is 1.76. The van der Waals surface area contributed by atoms with Gasteiger partial charge in [0.15, 0.2) is 0 Å². The van der Waals surface area contributed by atoms with E-state index >= 15 is 0 Å². The van der Waals surface area contributed by atoms with Crippen molar-refractivity contribution in [2.45, 2.75) is 18.4 Å². The molecule has 0 radical (unpaired) electrons. The van der Waals surface area contributed by atoms with Crippen LogP contribution in [0.3, 0.4) is 0 Å². The van der Waals surface area contributed by atoms with Gasteiger partial charge in [0.1, 0.15) is 5.75 Å². The van der Waals surface area contributed by atoms with Crippen LogP contribution >= 0.6 is 11.6 Å². The van der Waals surface area contributed by atoms with Gasteiger partial charge in [-0.25, -0.2) is 0 Å². The standard InChI is InChI=1S/C19H18ClNO/c1-22-13-10-8-12(9-11-13)18-15-5-2-4-14(15)16-6-3-7-17(20)19(16)21-18/h2-4,6-11,14-15,18,21H,5H2,1H3/t14-,15+,18+/m1/s1. The maximum absolute atomic E-state index is 6.43. The number of allylic oxidation sites excluding steroid dienone is 2. The Morgan fingerprint density at radius 1 is 1.14 bits per heavy atom. The second-order valence-electron chi connectivity index (χ2n) is 5.95. The van der Waals surface area contributed by atoms with Crippen LogP contribution in [0.5, 0.6) is 5.75 Å². The Kier molecular flexibility index (Phi) is 3.34. The molecule has 112 valence electrons. The van der Waals surface area contributed by atoms with E-state index in [2.05, 4.69) is 35.7 Å². The van der Waals surface area contributed by atoms with E-state index in [1.807, 2.05) is 24.3 Å². The van der Waals surface area contributed by atoms with Gasteiger partial charge in [-0.3, -0.25) is 0 Å². The third-order valence-corrected chi connectivity index (χ3v) is 5.14. The van der Waals surface area contributed by atoms with Gasteiger partial charge < -0.3 is 10.1 Å². The van der Waals surface area contributed by atoms with E-state index in [4.69, 9.17) is 16.3 Å². The number of halogens is 1. The number of fused-ring (bicyclic) bond motifs is 3. The molecule has 4 rings (SSSR count). The summed E-state index contributed by atoms with van der Waals surface area (Å²) in [5.41, 5.74) is 3.68. The number of hydrogen-bond acceptors (Lipinski definition) is 2. The highest BCUT2D eigenvalue weighted by Gasteiger charge is 2.38. The van der Waals surface area contributed by atoms with Crippen LogP contribution in [0.15, 0.2) is 54.6 Å². The first-order valence-corrected chi connectivity index (χ1v) is 8.01. The smallest absolute Gasteiger partial charge is 0.118 e. The summed E-state index contributed by atoms with van der Waals surface area (Å²) >= 11 is 6.43. The molecule has 2 aromatic carbocycles. The summed E-state index contributed by atoms with van der Waals surface area (Å²) in [6.45, 7) is 0. The van der Waals surface area contributed by atoms with Crippen LogP contribution in [0.2, 0.25) is 5.02 Å². The minimum atomic E-state index is 0.276. The van der Waals surface area contributed by atoms with Gasteiger partial charge in [0.05, 0.1) is 23.9 Å². The molecule has 1 heterocycles. The fourth-order valence-corrected chi connectivity index (χ4v) is 3.96. The molecule has 0 fully saturated rings. The number of nitrogens with one attached hydrogen (secondary N) is 1. The Bertz CT molecular complexity index is 723. The molecule has 0 amide bonds. The van der Waals surface area contributed by atoms with Gasteiger partial charge in [0.2, 0.25) is 0 Å². The zero-order chi connectivity index (χ0) is 15.1. The summed E-state index contributed by atoms with van der Waals surface area (Å²) in [4.78, 5) is 0.